The number of aromatic carboxylic acids is 1. The predicted octanol–water partition coefficient (Wildman–Crippen LogP) is 3.83. The maximum atomic E-state index is 12.2. The van der Waals surface area contributed by atoms with Gasteiger partial charge in [-0.15, -0.1) is 0 Å². The smallest absolute Gasteiger partial charge is 0.343 e. The van der Waals surface area contributed by atoms with E-state index in [0.717, 1.165) is 0 Å². The SMILES string of the molecule is COc1ccc(C(=O)Oc2ccc(C(=O)Oc3ccc(C(=O)O)cc3)cc2)cc1. The molecule has 0 bridgehead atoms. The van der Waals surface area contributed by atoms with Gasteiger partial charge in [0.1, 0.15) is 17.2 Å². The van der Waals surface area contributed by atoms with Crippen LogP contribution in [0.15, 0.2) is 72.8 Å². The van der Waals surface area contributed by atoms with Gasteiger partial charge in [0, 0.05) is 0 Å². The lowest BCUT2D eigenvalue weighted by molar-refractivity contribution is 0.0694. The third-order valence-electron chi connectivity index (χ3n) is 3.94. The van der Waals surface area contributed by atoms with Crippen LogP contribution < -0.4 is 14.2 Å². The van der Waals surface area contributed by atoms with Crippen molar-refractivity contribution in [3.05, 3.63) is 89.5 Å². The zero-order valence-electron chi connectivity index (χ0n) is 15.3. The molecule has 0 aromatic heterocycles. The zero-order valence-corrected chi connectivity index (χ0v) is 15.3. The Morgan fingerprint density at radius 2 is 0.931 bits per heavy atom. The fourth-order valence-corrected chi connectivity index (χ4v) is 2.38. The van der Waals surface area contributed by atoms with Crippen molar-refractivity contribution in [2.24, 2.45) is 0 Å². The lowest BCUT2D eigenvalue weighted by atomic mass is 10.2. The number of ether oxygens (including phenoxy) is 3. The number of hydrogen-bond acceptors (Lipinski definition) is 6. The van der Waals surface area contributed by atoms with Gasteiger partial charge in [-0.3, -0.25) is 0 Å². The van der Waals surface area contributed by atoms with Crippen LogP contribution in [-0.2, 0) is 0 Å². The van der Waals surface area contributed by atoms with Gasteiger partial charge in [-0.25, -0.2) is 14.4 Å². The summed E-state index contributed by atoms with van der Waals surface area (Å²) in [6, 6.07) is 17.8. The Balaban J connectivity index is 1.62. The van der Waals surface area contributed by atoms with E-state index in [1.807, 2.05) is 0 Å². The molecule has 0 radical (unpaired) electrons. The maximum Gasteiger partial charge on any atom is 0.343 e. The average molecular weight is 392 g/mol. The molecule has 7 nitrogen and oxygen atoms in total. The Morgan fingerprint density at radius 1 is 0.586 bits per heavy atom. The molecule has 0 atom stereocenters. The lowest BCUT2D eigenvalue weighted by Crippen LogP contribution is -2.10. The van der Waals surface area contributed by atoms with Gasteiger partial charge in [-0.2, -0.15) is 0 Å². The number of methoxy groups -OCH3 is 1. The lowest BCUT2D eigenvalue weighted by Gasteiger charge is -2.07. The molecule has 0 aliphatic rings. The fraction of sp³-hybridized carbons (Fsp3) is 0.0455. The molecule has 0 saturated heterocycles. The van der Waals surface area contributed by atoms with Gasteiger partial charge in [-0.1, -0.05) is 0 Å². The van der Waals surface area contributed by atoms with Crippen molar-refractivity contribution >= 4 is 17.9 Å². The minimum absolute atomic E-state index is 0.0906. The summed E-state index contributed by atoms with van der Waals surface area (Å²) in [5.41, 5.74) is 0.698. The number of benzene rings is 3. The summed E-state index contributed by atoms with van der Waals surface area (Å²) in [5.74, 6) is -1.12. The molecule has 0 saturated carbocycles. The number of carbonyl (C=O) groups excluding carboxylic acids is 2. The van der Waals surface area contributed by atoms with Crippen LogP contribution in [0.1, 0.15) is 31.1 Å². The topological polar surface area (TPSA) is 99.1 Å². The summed E-state index contributed by atoms with van der Waals surface area (Å²) in [6.45, 7) is 0. The van der Waals surface area contributed by atoms with E-state index >= 15 is 0 Å². The monoisotopic (exact) mass is 392 g/mol. The van der Waals surface area contributed by atoms with E-state index in [2.05, 4.69) is 0 Å². The third-order valence-corrected chi connectivity index (χ3v) is 3.94. The van der Waals surface area contributed by atoms with Crippen LogP contribution in [0.3, 0.4) is 0 Å². The van der Waals surface area contributed by atoms with Crippen LogP contribution in [0, 0.1) is 0 Å². The Labute approximate surface area is 166 Å². The minimum Gasteiger partial charge on any atom is -0.497 e. The second kappa shape index (κ2) is 8.71. The number of hydrogen-bond donors (Lipinski definition) is 1. The average Bonchev–Trinajstić information content (AvgIpc) is 2.74. The van der Waals surface area contributed by atoms with Crippen LogP contribution in [0.4, 0.5) is 0 Å². The molecule has 0 fully saturated rings. The van der Waals surface area contributed by atoms with Crippen molar-refractivity contribution in [3.8, 4) is 17.2 Å². The molecule has 1 N–H and O–H groups in total. The molecule has 0 heterocycles. The van der Waals surface area contributed by atoms with Crippen LogP contribution in [-0.4, -0.2) is 30.1 Å². The van der Waals surface area contributed by atoms with Crippen molar-refractivity contribution in [1.82, 2.24) is 0 Å². The van der Waals surface area contributed by atoms with Gasteiger partial charge in [0.05, 0.1) is 23.8 Å². The Kier molecular flexibility index (Phi) is 5.89. The standard InChI is InChI=1S/C22H16O7/c1-27-17-8-4-15(5-9-17)21(25)29-19-12-6-16(7-13-19)22(26)28-18-10-2-14(3-11-18)20(23)24/h2-13H,1H3,(H,23,24). The molecule has 29 heavy (non-hydrogen) atoms. The van der Waals surface area contributed by atoms with Crippen LogP contribution >= 0.6 is 0 Å². The van der Waals surface area contributed by atoms with E-state index in [-0.39, 0.29) is 22.6 Å². The summed E-state index contributed by atoms with van der Waals surface area (Å²) < 4.78 is 15.5. The van der Waals surface area contributed by atoms with Gasteiger partial charge >= 0.3 is 17.9 Å². The second-order valence-corrected chi connectivity index (χ2v) is 5.86. The molecule has 3 rings (SSSR count). The first kappa shape index (κ1) is 19.6. The van der Waals surface area contributed by atoms with Crippen LogP contribution in [0.2, 0.25) is 0 Å². The van der Waals surface area contributed by atoms with E-state index in [1.54, 1.807) is 24.3 Å². The molecular weight excluding hydrogens is 376 g/mol. The largest absolute Gasteiger partial charge is 0.497 e. The zero-order chi connectivity index (χ0) is 20.8. The van der Waals surface area contributed by atoms with E-state index in [4.69, 9.17) is 19.3 Å². The second-order valence-electron chi connectivity index (χ2n) is 5.86. The molecule has 3 aromatic rings. The molecule has 0 aliphatic carbocycles. The number of carboxylic acid groups (broad SMARTS) is 1. The Hall–Kier alpha value is -4.13. The first-order valence-electron chi connectivity index (χ1n) is 8.48. The third kappa shape index (κ3) is 4.98. The van der Waals surface area contributed by atoms with Crippen LogP contribution in [0.5, 0.6) is 17.2 Å². The van der Waals surface area contributed by atoms with Crippen molar-refractivity contribution in [3.63, 3.8) is 0 Å². The molecule has 7 heteroatoms. The number of carboxylic acids is 1. The first-order valence-corrected chi connectivity index (χ1v) is 8.48. The normalized spacial score (nSPS) is 10.1. The minimum atomic E-state index is -1.07. The van der Waals surface area contributed by atoms with E-state index in [1.165, 1.54) is 55.6 Å². The molecular formula is C22H16O7. The number of esters is 2. The van der Waals surface area contributed by atoms with Crippen molar-refractivity contribution in [2.75, 3.05) is 7.11 Å². The Morgan fingerprint density at radius 3 is 1.28 bits per heavy atom. The van der Waals surface area contributed by atoms with Gasteiger partial charge in [0.15, 0.2) is 0 Å². The molecule has 146 valence electrons. The first-order chi connectivity index (χ1) is 14.0. The Bertz CT molecular complexity index is 1020. The highest BCUT2D eigenvalue weighted by molar-refractivity contribution is 5.93. The molecule has 0 unspecified atom stereocenters. The van der Waals surface area contributed by atoms with Gasteiger partial charge in [-0.05, 0) is 72.8 Å². The molecule has 0 spiro atoms. The maximum absolute atomic E-state index is 12.2. The van der Waals surface area contributed by atoms with Gasteiger partial charge in [0.25, 0.3) is 0 Å². The van der Waals surface area contributed by atoms with E-state index in [9.17, 15) is 14.4 Å². The highest BCUT2D eigenvalue weighted by atomic mass is 16.5. The van der Waals surface area contributed by atoms with Crippen LogP contribution in [0.25, 0.3) is 0 Å². The summed E-state index contributed by atoms with van der Waals surface area (Å²) >= 11 is 0. The number of carbonyl (C=O) groups is 3. The summed E-state index contributed by atoms with van der Waals surface area (Å²) in [6.07, 6.45) is 0. The summed E-state index contributed by atoms with van der Waals surface area (Å²) in [5, 5.41) is 8.87. The number of rotatable bonds is 6. The summed E-state index contributed by atoms with van der Waals surface area (Å²) in [4.78, 5) is 35.2. The molecule has 3 aromatic carbocycles. The molecule has 0 aliphatic heterocycles. The fourth-order valence-electron chi connectivity index (χ4n) is 2.38. The highest BCUT2D eigenvalue weighted by Crippen LogP contribution is 2.18. The van der Waals surface area contributed by atoms with Crippen molar-refractivity contribution in [1.29, 1.82) is 0 Å². The summed E-state index contributed by atoms with van der Waals surface area (Å²) in [7, 11) is 1.53. The van der Waals surface area contributed by atoms with Gasteiger partial charge in [0.2, 0.25) is 0 Å². The van der Waals surface area contributed by atoms with E-state index in [0.29, 0.717) is 11.3 Å². The van der Waals surface area contributed by atoms with Crippen molar-refractivity contribution in [2.45, 2.75) is 0 Å². The predicted molar refractivity (Wildman–Crippen MR) is 103 cm³/mol. The molecule has 0 amide bonds. The highest BCUT2D eigenvalue weighted by Gasteiger charge is 2.12. The van der Waals surface area contributed by atoms with Gasteiger partial charge < -0.3 is 19.3 Å². The quantitative estimate of drug-likeness (QED) is 0.503. The van der Waals surface area contributed by atoms with E-state index < -0.39 is 17.9 Å². The van der Waals surface area contributed by atoms with Crippen molar-refractivity contribution < 1.29 is 33.7 Å².